The Balaban J connectivity index is 5.52. The van der Waals surface area contributed by atoms with Crippen LogP contribution >= 0.6 is 15.9 Å². The largest absolute Gasteiger partial charge is 0.473 e. The summed E-state index contributed by atoms with van der Waals surface area (Å²) in [5, 5.41) is -0.622. The van der Waals surface area contributed by atoms with Gasteiger partial charge in [0, 0.05) is 0 Å². The summed E-state index contributed by atoms with van der Waals surface area (Å²) < 4.78 is 144. The van der Waals surface area contributed by atoms with Crippen LogP contribution in [0.15, 0.2) is 0 Å². The molecule has 0 fully saturated rings. The van der Waals surface area contributed by atoms with Gasteiger partial charge in [0.2, 0.25) is 0 Å². The topological polar surface area (TPSA) is 52.6 Å². The van der Waals surface area contributed by atoms with E-state index in [4.69, 9.17) is 0 Å². The zero-order chi connectivity index (χ0) is 20.5. The van der Waals surface area contributed by atoms with Crippen LogP contribution in [-0.4, -0.2) is 53.9 Å². The van der Waals surface area contributed by atoms with Crippen molar-refractivity contribution in [1.82, 2.24) is 0 Å². The van der Waals surface area contributed by atoms with Crippen molar-refractivity contribution in [2.24, 2.45) is 0 Å². The Morgan fingerprint density at radius 2 is 1.16 bits per heavy atom. The molecule has 148 valence electrons. The van der Waals surface area contributed by atoms with Crippen LogP contribution in [0.4, 0.5) is 48.3 Å². The van der Waals surface area contributed by atoms with Crippen LogP contribution in [0.5, 0.6) is 0 Å². The molecule has 0 N–H and O–H groups in total. The predicted molar refractivity (Wildman–Crippen MR) is 56.7 cm³/mol. The van der Waals surface area contributed by atoms with Gasteiger partial charge in [0.25, 0.3) is 0 Å². The normalized spacial score (nSPS) is 14.2. The van der Waals surface area contributed by atoms with Crippen LogP contribution < -0.4 is 0 Å². The van der Waals surface area contributed by atoms with Gasteiger partial charge < -0.3 is 9.47 Å². The summed E-state index contributed by atoms with van der Waals surface area (Å²) >= 11 is 2.44. The fourth-order valence-electron chi connectivity index (χ4n) is 0.972. The third kappa shape index (κ3) is 4.44. The first-order valence-electron chi connectivity index (χ1n) is 5.36. The van der Waals surface area contributed by atoms with Crippen molar-refractivity contribution in [1.29, 1.82) is 0 Å². The van der Waals surface area contributed by atoms with Crippen molar-refractivity contribution in [3.63, 3.8) is 0 Å². The van der Waals surface area contributed by atoms with Gasteiger partial charge in [0.1, 0.15) is 5.33 Å². The molecule has 0 radical (unpaired) electrons. The lowest BCUT2D eigenvalue weighted by Gasteiger charge is -2.36. The maximum Gasteiger partial charge on any atom is 0.473 e. The minimum Gasteiger partial charge on any atom is -0.453 e. The molecule has 0 bridgehead atoms. The fourth-order valence-corrected chi connectivity index (χ4v) is 1.13. The molecule has 0 rings (SSSR count). The lowest BCUT2D eigenvalue weighted by molar-refractivity contribution is -0.450. The Labute approximate surface area is 138 Å². The number of hydrogen-bond donors (Lipinski definition) is 0. The minimum absolute atomic E-state index is 0.622. The molecular formula is C9H4BrF11O4. The van der Waals surface area contributed by atoms with Gasteiger partial charge in [-0.3, -0.25) is 4.79 Å². The summed E-state index contributed by atoms with van der Waals surface area (Å²) in [5.74, 6) is -26.7. The summed E-state index contributed by atoms with van der Waals surface area (Å²) in [7, 11) is 0. The molecule has 0 unspecified atom stereocenters. The summed E-state index contributed by atoms with van der Waals surface area (Å²) in [6.45, 7) is -1.84. The molecule has 0 aromatic rings. The average Bonchev–Trinajstić information content (AvgIpc) is 2.42. The molecule has 0 aliphatic rings. The van der Waals surface area contributed by atoms with Gasteiger partial charge >= 0.3 is 42.0 Å². The highest BCUT2D eigenvalue weighted by Gasteiger charge is 2.88. The second kappa shape index (κ2) is 7.11. The smallest absolute Gasteiger partial charge is 0.453 e. The number of carbonyl (C=O) groups is 2. The molecule has 0 atom stereocenters. The highest BCUT2D eigenvalue weighted by atomic mass is 79.9. The van der Waals surface area contributed by atoms with Crippen molar-refractivity contribution < 1.29 is 67.4 Å². The van der Waals surface area contributed by atoms with Gasteiger partial charge in [-0.25, -0.2) is 4.79 Å². The van der Waals surface area contributed by atoms with Crippen LogP contribution in [0.2, 0.25) is 0 Å². The van der Waals surface area contributed by atoms with Crippen LogP contribution in [0, 0.1) is 0 Å². The summed E-state index contributed by atoms with van der Waals surface area (Å²) in [6, 6.07) is 0. The zero-order valence-corrected chi connectivity index (χ0v) is 12.7. The molecule has 0 aliphatic heterocycles. The van der Waals surface area contributed by atoms with E-state index < -0.39 is 53.9 Å². The van der Waals surface area contributed by atoms with Crippen molar-refractivity contribution in [3.05, 3.63) is 0 Å². The lowest BCUT2D eigenvalue weighted by Crippen LogP contribution is -2.67. The zero-order valence-electron chi connectivity index (χ0n) is 11.1. The number of rotatable bonds is 7. The molecule has 0 aromatic carbocycles. The molecule has 25 heavy (non-hydrogen) atoms. The van der Waals surface area contributed by atoms with E-state index in [0.717, 1.165) is 0 Å². The minimum atomic E-state index is -7.70. The number of ether oxygens (including phenoxy) is 2. The maximum atomic E-state index is 13.0. The monoisotopic (exact) mass is 464 g/mol. The van der Waals surface area contributed by atoms with Crippen molar-refractivity contribution in [2.45, 2.75) is 30.1 Å². The Kier molecular flexibility index (Phi) is 6.72. The van der Waals surface area contributed by atoms with Crippen LogP contribution in [0.1, 0.15) is 0 Å². The third-order valence-electron chi connectivity index (χ3n) is 2.21. The van der Waals surface area contributed by atoms with Gasteiger partial charge in [-0.1, -0.05) is 15.9 Å². The Morgan fingerprint density at radius 1 is 0.720 bits per heavy atom. The summed E-state index contributed by atoms with van der Waals surface area (Å²) in [4.78, 5) is 21.2. The molecule has 0 heterocycles. The first-order valence-corrected chi connectivity index (χ1v) is 6.48. The van der Waals surface area contributed by atoms with E-state index in [-0.39, 0.29) is 0 Å². The molecule has 4 nitrogen and oxygen atoms in total. The van der Waals surface area contributed by atoms with E-state index in [1.54, 1.807) is 0 Å². The Hall–Kier alpha value is -1.35. The molecule has 0 saturated heterocycles. The number of hydrogen-bond acceptors (Lipinski definition) is 4. The van der Waals surface area contributed by atoms with Gasteiger partial charge in [-0.2, -0.15) is 48.3 Å². The standard InChI is InChI=1S/C9H4BrF11O4/c10-1-3(22)24-2-4(23)25-9(20,21)7(15,16)5(11,12)6(13,14)8(17,18)19/h1-2H2. The fraction of sp³-hybridized carbons (Fsp3) is 0.778. The van der Waals surface area contributed by atoms with Gasteiger partial charge in [-0.05, 0) is 0 Å². The highest BCUT2D eigenvalue weighted by Crippen LogP contribution is 2.57. The highest BCUT2D eigenvalue weighted by molar-refractivity contribution is 9.09. The predicted octanol–water partition coefficient (Wildman–Crippen LogP) is 3.53. The van der Waals surface area contributed by atoms with E-state index in [9.17, 15) is 57.9 Å². The first kappa shape index (κ1) is 23.6. The quantitative estimate of drug-likeness (QED) is 0.328. The molecular weight excluding hydrogens is 461 g/mol. The van der Waals surface area contributed by atoms with E-state index in [0.29, 0.717) is 0 Å². The Bertz CT molecular complexity index is 516. The van der Waals surface area contributed by atoms with E-state index >= 15 is 0 Å². The Morgan fingerprint density at radius 3 is 1.52 bits per heavy atom. The average molecular weight is 465 g/mol. The third-order valence-corrected chi connectivity index (χ3v) is 2.67. The summed E-state index contributed by atoms with van der Waals surface area (Å²) in [5.41, 5.74) is 0. The molecule has 0 amide bonds. The van der Waals surface area contributed by atoms with Crippen LogP contribution in [-0.2, 0) is 19.1 Å². The van der Waals surface area contributed by atoms with Gasteiger partial charge in [0.05, 0.1) is 0 Å². The second-order valence-corrected chi connectivity index (χ2v) is 4.57. The van der Waals surface area contributed by atoms with Crippen LogP contribution in [0.25, 0.3) is 0 Å². The first-order chi connectivity index (χ1) is 10.8. The second-order valence-electron chi connectivity index (χ2n) is 4.01. The number of esters is 2. The molecule has 0 saturated carbocycles. The van der Waals surface area contributed by atoms with E-state index in [1.165, 1.54) is 0 Å². The van der Waals surface area contributed by atoms with Crippen molar-refractivity contribution in [2.75, 3.05) is 11.9 Å². The van der Waals surface area contributed by atoms with E-state index in [2.05, 4.69) is 25.4 Å². The SMILES string of the molecule is O=C(CBr)OCC(=O)OC(F)(F)C(F)(F)C(F)(F)C(F)(F)C(F)(F)F. The molecule has 0 spiro atoms. The van der Waals surface area contributed by atoms with Crippen molar-refractivity contribution in [3.8, 4) is 0 Å². The maximum absolute atomic E-state index is 13.0. The number of alkyl halides is 12. The number of carbonyl (C=O) groups excluding carboxylic acids is 2. The van der Waals surface area contributed by atoms with Gasteiger partial charge in [0.15, 0.2) is 6.61 Å². The van der Waals surface area contributed by atoms with E-state index in [1.807, 2.05) is 0 Å². The molecule has 16 heteroatoms. The van der Waals surface area contributed by atoms with Gasteiger partial charge in [-0.15, -0.1) is 0 Å². The van der Waals surface area contributed by atoms with Crippen molar-refractivity contribution >= 4 is 27.9 Å². The molecule has 0 aliphatic carbocycles. The number of halogens is 12. The summed E-state index contributed by atoms with van der Waals surface area (Å²) in [6.07, 6.45) is -14.1. The lowest BCUT2D eigenvalue weighted by atomic mass is 10.0. The van der Waals surface area contributed by atoms with Crippen LogP contribution in [0.3, 0.4) is 0 Å². The molecule has 0 aromatic heterocycles.